The van der Waals surface area contributed by atoms with E-state index in [4.69, 9.17) is 16.9 Å². The maximum absolute atomic E-state index is 12.8. The third-order valence-corrected chi connectivity index (χ3v) is 1.97. The molecule has 68 valence electrons. The van der Waals surface area contributed by atoms with Crippen LogP contribution in [0.1, 0.15) is 5.69 Å². The normalized spacial score (nSPS) is 11.0. The summed E-state index contributed by atoms with van der Waals surface area (Å²) in [6.45, 7) is 0. The van der Waals surface area contributed by atoms with Gasteiger partial charge >= 0.3 is 5.92 Å². The maximum Gasteiger partial charge on any atom is 0.375 e. The monoisotopic (exact) mass is 266 g/mol. The zero-order valence-corrected chi connectivity index (χ0v) is 8.40. The van der Waals surface area contributed by atoms with E-state index >= 15 is 0 Å². The molecule has 0 N–H and O–H groups in total. The van der Waals surface area contributed by atoms with Crippen molar-refractivity contribution in [2.75, 3.05) is 0 Å². The average molecular weight is 267 g/mol. The summed E-state index contributed by atoms with van der Waals surface area (Å²) in [6.07, 6.45) is 1.16. The predicted octanol–water partition coefficient (Wildman–Crippen LogP) is 3.11. The molecule has 1 aromatic heterocycles. The highest BCUT2D eigenvalue weighted by Crippen LogP contribution is 2.32. The number of nitrogens with zero attached hydrogens (tertiary/aromatic N) is 2. The van der Waals surface area contributed by atoms with Crippen molar-refractivity contribution >= 4 is 27.5 Å². The van der Waals surface area contributed by atoms with Gasteiger partial charge in [-0.3, -0.25) is 4.98 Å². The highest BCUT2D eigenvalue weighted by molar-refractivity contribution is 9.10. The smallest absolute Gasteiger partial charge is 0.251 e. The van der Waals surface area contributed by atoms with Gasteiger partial charge in [0.05, 0.1) is 5.02 Å². The molecule has 0 saturated carbocycles. The zero-order valence-electron chi connectivity index (χ0n) is 6.06. The lowest BCUT2D eigenvalue weighted by atomic mass is 10.2. The van der Waals surface area contributed by atoms with E-state index in [1.54, 1.807) is 0 Å². The van der Waals surface area contributed by atoms with Crippen molar-refractivity contribution in [3.8, 4) is 6.07 Å². The molecular formula is C7H2BrClF2N2. The largest absolute Gasteiger partial charge is 0.375 e. The van der Waals surface area contributed by atoms with Crippen LogP contribution in [-0.2, 0) is 5.92 Å². The summed E-state index contributed by atoms with van der Waals surface area (Å²) < 4.78 is 26.0. The molecule has 0 aliphatic heterocycles. The van der Waals surface area contributed by atoms with Gasteiger partial charge < -0.3 is 0 Å². The number of hydrogen-bond donors (Lipinski definition) is 0. The molecule has 0 fully saturated rings. The third kappa shape index (κ3) is 2.14. The molecule has 1 rings (SSSR count). The summed E-state index contributed by atoms with van der Waals surface area (Å²) in [5.41, 5.74) is -0.722. The van der Waals surface area contributed by atoms with E-state index in [9.17, 15) is 8.78 Å². The predicted molar refractivity (Wildman–Crippen MR) is 46.5 cm³/mol. The van der Waals surface area contributed by atoms with Crippen LogP contribution in [0.4, 0.5) is 8.78 Å². The standard InChI is InChI=1S/C7H2BrClF2N2/c8-4-1-5(9)6(13-2-4)7(10,11)3-12/h1-2H. The van der Waals surface area contributed by atoms with Crippen LogP contribution in [0.25, 0.3) is 0 Å². The van der Waals surface area contributed by atoms with Gasteiger partial charge in [-0.1, -0.05) is 11.6 Å². The summed E-state index contributed by atoms with van der Waals surface area (Å²) >= 11 is 8.48. The Kier molecular flexibility index (Phi) is 2.84. The second kappa shape index (κ2) is 3.56. The molecular weight excluding hydrogens is 265 g/mol. The number of hydrogen-bond acceptors (Lipinski definition) is 2. The van der Waals surface area contributed by atoms with Crippen molar-refractivity contribution in [1.29, 1.82) is 5.26 Å². The third-order valence-electron chi connectivity index (χ3n) is 1.25. The fourth-order valence-electron chi connectivity index (χ4n) is 0.699. The Hall–Kier alpha value is -0.730. The van der Waals surface area contributed by atoms with Gasteiger partial charge in [0.25, 0.3) is 0 Å². The van der Waals surface area contributed by atoms with Gasteiger partial charge in [0.2, 0.25) is 0 Å². The van der Waals surface area contributed by atoms with Gasteiger partial charge in [0.1, 0.15) is 11.8 Å². The second-order valence-electron chi connectivity index (χ2n) is 2.17. The van der Waals surface area contributed by atoms with Gasteiger partial charge in [-0.2, -0.15) is 14.0 Å². The van der Waals surface area contributed by atoms with Gasteiger partial charge in [-0.25, -0.2) is 0 Å². The summed E-state index contributed by atoms with van der Waals surface area (Å²) in [7, 11) is 0. The lowest BCUT2D eigenvalue weighted by Gasteiger charge is -2.07. The molecule has 0 aromatic carbocycles. The van der Waals surface area contributed by atoms with Crippen molar-refractivity contribution in [3.63, 3.8) is 0 Å². The molecule has 6 heteroatoms. The number of aromatic nitrogens is 1. The van der Waals surface area contributed by atoms with E-state index in [0.717, 1.165) is 12.3 Å². The van der Waals surface area contributed by atoms with Gasteiger partial charge in [-0.05, 0) is 22.0 Å². The van der Waals surface area contributed by atoms with Gasteiger partial charge in [0.15, 0.2) is 0 Å². The Morgan fingerprint density at radius 3 is 2.69 bits per heavy atom. The summed E-state index contributed by atoms with van der Waals surface area (Å²) in [5, 5.41) is 7.90. The van der Waals surface area contributed by atoms with Gasteiger partial charge in [-0.15, -0.1) is 0 Å². The first-order chi connectivity index (χ1) is 5.97. The first kappa shape index (κ1) is 10.4. The van der Waals surface area contributed by atoms with Crippen molar-refractivity contribution in [2.45, 2.75) is 5.92 Å². The molecule has 0 aliphatic rings. The van der Waals surface area contributed by atoms with E-state index in [0.29, 0.717) is 4.47 Å². The number of alkyl halides is 2. The van der Waals surface area contributed by atoms with Crippen molar-refractivity contribution < 1.29 is 8.78 Å². The van der Waals surface area contributed by atoms with E-state index in [-0.39, 0.29) is 5.02 Å². The van der Waals surface area contributed by atoms with E-state index < -0.39 is 11.6 Å². The molecule has 2 nitrogen and oxygen atoms in total. The quantitative estimate of drug-likeness (QED) is 0.784. The highest BCUT2D eigenvalue weighted by atomic mass is 79.9. The van der Waals surface area contributed by atoms with Crippen LogP contribution in [0.5, 0.6) is 0 Å². The molecule has 0 radical (unpaired) electrons. The molecule has 0 spiro atoms. The minimum absolute atomic E-state index is 0.235. The Morgan fingerprint density at radius 2 is 2.23 bits per heavy atom. The topological polar surface area (TPSA) is 36.7 Å². The van der Waals surface area contributed by atoms with E-state index in [1.165, 1.54) is 6.07 Å². The van der Waals surface area contributed by atoms with Crippen LogP contribution in [0.2, 0.25) is 5.02 Å². The summed E-state index contributed by atoms with van der Waals surface area (Å²) in [6, 6.07) is 2.08. The molecule has 1 aromatic rings. The maximum atomic E-state index is 12.8. The Bertz CT molecular complexity index is 375. The lowest BCUT2D eigenvalue weighted by molar-refractivity contribution is 0.0564. The van der Waals surface area contributed by atoms with Crippen LogP contribution >= 0.6 is 27.5 Å². The molecule has 1 heterocycles. The number of rotatable bonds is 1. The Labute approximate surface area is 86.3 Å². The average Bonchev–Trinajstić information content (AvgIpc) is 2.03. The minimum Gasteiger partial charge on any atom is -0.251 e. The van der Waals surface area contributed by atoms with Crippen LogP contribution in [-0.4, -0.2) is 4.98 Å². The SMILES string of the molecule is N#CC(F)(F)c1ncc(Br)cc1Cl. The first-order valence-electron chi connectivity index (χ1n) is 3.08. The first-order valence-corrected chi connectivity index (χ1v) is 4.25. The lowest BCUT2D eigenvalue weighted by Crippen LogP contribution is -2.12. The van der Waals surface area contributed by atoms with Crippen LogP contribution in [0, 0.1) is 11.3 Å². The van der Waals surface area contributed by atoms with E-state index in [2.05, 4.69) is 20.9 Å². The number of halogens is 4. The Balaban J connectivity index is 3.26. The van der Waals surface area contributed by atoms with Crippen LogP contribution in [0.15, 0.2) is 16.7 Å². The van der Waals surface area contributed by atoms with Crippen LogP contribution < -0.4 is 0 Å². The summed E-state index contributed by atoms with van der Waals surface area (Å²) in [5.74, 6) is -3.64. The summed E-state index contributed by atoms with van der Waals surface area (Å²) in [4.78, 5) is 3.37. The molecule has 0 saturated heterocycles. The highest BCUT2D eigenvalue weighted by Gasteiger charge is 2.35. The number of pyridine rings is 1. The number of nitriles is 1. The molecule has 0 amide bonds. The van der Waals surface area contributed by atoms with E-state index in [1.807, 2.05) is 0 Å². The van der Waals surface area contributed by atoms with Crippen molar-refractivity contribution in [1.82, 2.24) is 4.98 Å². The molecule has 0 atom stereocenters. The second-order valence-corrected chi connectivity index (χ2v) is 3.49. The fourth-order valence-corrected chi connectivity index (χ4v) is 1.45. The fraction of sp³-hybridized carbons (Fsp3) is 0.143. The van der Waals surface area contributed by atoms with Crippen molar-refractivity contribution in [2.24, 2.45) is 0 Å². The van der Waals surface area contributed by atoms with Crippen molar-refractivity contribution in [3.05, 3.63) is 27.5 Å². The zero-order chi connectivity index (χ0) is 10.1. The molecule has 13 heavy (non-hydrogen) atoms. The minimum atomic E-state index is -3.64. The molecule has 0 aliphatic carbocycles. The van der Waals surface area contributed by atoms with Gasteiger partial charge in [0, 0.05) is 10.7 Å². The Morgan fingerprint density at radius 1 is 1.62 bits per heavy atom. The van der Waals surface area contributed by atoms with Crippen LogP contribution in [0.3, 0.4) is 0 Å². The molecule has 0 bridgehead atoms. The molecule has 0 unspecified atom stereocenters.